The molecule has 1 amide bonds. The molecule has 1 aliphatic rings. The number of nitrogens with one attached hydrogen (secondary N) is 1. The predicted octanol–water partition coefficient (Wildman–Crippen LogP) is 2.60. The van der Waals surface area contributed by atoms with Gasteiger partial charge < -0.3 is 10.1 Å². The number of aromatic nitrogens is 2. The highest BCUT2D eigenvalue weighted by atomic mass is 32.2. The largest absolute Gasteiger partial charge is 0.383 e. The minimum Gasteiger partial charge on any atom is -0.383 e. The number of aryl methyl sites for hydroxylation is 2. The van der Waals surface area contributed by atoms with Crippen molar-refractivity contribution < 1.29 is 9.53 Å². The molecule has 2 heterocycles. The summed E-state index contributed by atoms with van der Waals surface area (Å²) in [7, 11) is 1.61. The summed E-state index contributed by atoms with van der Waals surface area (Å²) in [5.74, 6) is 0.164. The molecular formula is C18H25N3O3S2. The van der Waals surface area contributed by atoms with Gasteiger partial charge in [0.1, 0.15) is 4.83 Å². The molecule has 0 bridgehead atoms. The van der Waals surface area contributed by atoms with E-state index in [-0.39, 0.29) is 22.8 Å². The molecule has 0 unspecified atom stereocenters. The number of methoxy groups -OCH3 is 1. The third kappa shape index (κ3) is 4.13. The summed E-state index contributed by atoms with van der Waals surface area (Å²) in [5.41, 5.74) is 0.889. The first kappa shape index (κ1) is 19.4. The van der Waals surface area contributed by atoms with Gasteiger partial charge in [-0.1, -0.05) is 11.8 Å². The number of rotatable bonds is 6. The second-order valence-electron chi connectivity index (χ2n) is 7.47. The van der Waals surface area contributed by atoms with Crippen LogP contribution in [0.3, 0.4) is 0 Å². The van der Waals surface area contributed by atoms with Crippen LogP contribution in [0.15, 0.2) is 9.95 Å². The number of thioether (sulfide) groups is 1. The van der Waals surface area contributed by atoms with E-state index in [1.165, 1.54) is 22.2 Å². The van der Waals surface area contributed by atoms with E-state index in [0.717, 1.165) is 29.5 Å². The first-order chi connectivity index (χ1) is 12.3. The van der Waals surface area contributed by atoms with E-state index in [1.54, 1.807) is 23.0 Å². The zero-order chi connectivity index (χ0) is 18.9. The molecule has 1 aliphatic carbocycles. The fraction of sp³-hybridized carbons (Fsp3) is 0.611. The number of thiophene rings is 1. The fourth-order valence-electron chi connectivity index (χ4n) is 3.13. The summed E-state index contributed by atoms with van der Waals surface area (Å²) in [6, 6.07) is 0. The number of hydrogen-bond acceptors (Lipinski definition) is 6. The van der Waals surface area contributed by atoms with Crippen LogP contribution in [-0.4, -0.2) is 40.5 Å². The van der Waals surface area contributed by atoms with Crippen molar-refractivity contribution in [3.63, 3.8) is 0 Å². The van der Waals surface area contributed by atoms with E-state index in [2.05, 4.69) is 5.32 Å². The Labute approximate surface area is 161 Å². The van der Waals surface area contributed by atoms with Crippen molar-refractivity contribution in [3.8, 4) is 0 Å². The van der Waals surface area contributed by atoms with Gasteiger partial charge in [0.25, 0.3) is 5.56 Å². The van der Waals surface area contributed by atoms with Gasteiger partial charge in [0, 0.05) is 17.5 Å². The molecule has 0 spiro atoms. The van der Waals surface area contributed by atoms with Crippen LogP contribution in [-0.2, 0) is 28.9 Å². The van der Waals surface area contributed by atoms with Crippen molar-refractivity contribution in [2.45, 2.75) is 57.3 Å². The minimum atomic E-state index is -0.278. The maximum absolute atomic E-state index is 13.1. The molecule has 2 aromatic rings. The topological polar surface area (TPSA) is 73.2 Å². The molecule has 142 valence electrons. The molecular weight excluding hydrogens is 370 g/mol. The zero-order valence-corrected chi connectivity index (χ0v) is 17.3. The van der Waals surface area contributed by atoms with Gasteiger partial charge in [-0.15, -0.1) is 11.3 Å². The van der Waals surface area contributed by atoms with Crippen LogP contribution in [0.4, 0.5) is 0 Å². The van der Waals surface area contributed by atoms with Crippen LogP contribution in [0.2, 0.25) is 0 Å². The minimum absolute atomic E-state index is 0.00909. The number of ether oxygens (including phenoxy) is 1. The summed E-state index contributed by atoms with van der Waals surface area (Å²) in [6.07, 6.45) is 3.10. The third-order valence-electron chi connectivity index (χ3n) is 4.16. The molecule has 8 heteroatoms. The standard InChI is InChI=1S/C18H25N3O3S2/c1-18(2,3)20-13(22)10-25-17-19-15-14(11-6-5-7-12(11)26-15)16(23)21(17)8-9-24-4/h5-10H2,1-4H3,(H,20,22). The van der Waals surface area contributed by atoms with Gasteiger partial charge in [0.2, 0.25) is 5.91 Å². The number of hydrogen-bond donors (Lipinski definition) is 1. The fourth-order valence-corrected chi connectivity index (χ4v) is 5.26. The smallest absolute Gasteiger partial charge is 0.263 e. The lowest BCUT2D eigenvalue weighted by molar-refractivity contribution is -0.119. The molecule has 0 saturated heterocycles. The van der Waals surface area contributed by atoms with Crippen molar-refractivity contribution in [2.24, 2.45) is 0 Å². The van der Waals surface area contributed by atoms with Crippen LogP contribution >= 0.6 is 23.1 Å². The second-order valence-corrected chi connectivity index (χ2v) is 9.49. The molecule has 0 fully saturated rings. The normalized spacial score (nSPS) is 14.0. The average molecular weight is 396 g/mol. The Hall–Kier alpha value is -1.38. The highest BCUT2D eigenvalue weighted by molar-refractivity contribution is 7.99. The lowest BCUT2D eigenvalue weighted by atomic mass is 10.1. The number of fused-ring (bicyclic) bond motifs is 3. The van der Waals surface area contributed by atoms with E-state index < -0.39 is 0 Å². The van der Waals surface area contributed by atoms with Crippen molar-refractivity contribution in [1.29, 1.82) is 0 Å². The van der Waals surface area contributed by atoms with Gasteiger partial charge >= 0.3 is 0 Å². The summed E-state index contributed by atoms with van der Waals surface area (Å²) in [5, 5.41) is 4.29. The highest BCUT2D eigenvalue weighted by Crippen LogP contribution is 2.35. The quantitative estimate of drug-likeness (QED) is 0.601. The average Bonchev–Trinajstić information content (AvgIpc) is 3.10. The molecule has 3 rings (SSSR count). The Balaban J connectivity index is 1.93. The van der Waals surface area contributed by atoms with E-state index >= 15 is 0 Å². The third-order valence-corrected chi connectivity index (χ3v) is 6.32. The van der Waals surface area contributed by atoms with Crippen molar-refractivity contribution >= 4 is 39.2 Å². The van der Waals surface area contributed by atoms with Crippen molar-refractivity contribution in [3.05, 3.63) is 20.8 Å². The van der Waals surface area contributed by atoms with Gasteiger partial charge in [0.15, 0.2) is 5.16 Å². The Kier molecular flexibility index (Phi) is 5.74. The SMILES string of the molecule is COCCn1c(SCC(=O)NC(C)(C)C)nc2sc3c(c2c1=O)CCC3. The van der Waals surface area contributed by atoms with E-state index in [9.17, 15) is 9.59 Å². The van der Waals surface area contributed by atoms with Gasteiger partial charge in [-0.2, -0.15) is 0 Å². The maximum atomic E-state index is 13.1. The van der Waals surface area contributed by atoms with Crippen LogP contribution in [0.5, 0.6) is 0 Å². The van der Waals surface area contributed by atoms with Crippen LogP contribution in [0.1, 0.15) is 37.6 Å². The Morgan fingerprint density at radius 1 is 1.38 bits per heavy atom. The molecule has 0 saturated carbocycles. The van der Waals surface area contributed by atoms with E-state index in [4.69, 9.17) is 9.72 Å². The predicted molar refractivity (Wildman–Crippen MR) is 106 cm³/mol. The van der Waals surface area contributed by atoms with Crippen LogP contribution < -0.4 is 10.9 Å². The Bertz CT molecular complexity index is 880. The summed E-state index contributed by atoms with van der Waals surface area (Å²) in [6.45, 7) is 6.71. The monoisotopic (exact) mass is 395 g/mol. The second kappa shape index (κ2) is 7.70. The number of amides is 1. The first-order valence-electron chi connectivity index (χ1n) is 8.78. The maximum Gasteiger partial charge on any atom is 0.263 e. The van der Waals surface area contributed by atoms with Crippen molar-refractivity contribution in [1.82, 2.24) is 14.9 Å². The molecule has 0 atom stereocenters. The van der Waals surface area contributed by atoms with Gasteiger partial charge in [-0.05, 0) is 45.6 Å². The van der Waals surface area contributed by atoms with E-state index in [1.807, 2.05) is 20.8 Å². The Morgan fingerprint density at radius 3 is 2.85 bits per heavy atom. The molecule has 0 aromatic carbocycles. The lowest BCUT2D eigenvalue weighted by Crippen LogP contribution is -2.41. The number of nitrogens with zero attached hydrogens (tertiary/aromatic N) is 2. The van der Waals surface area contributed by atoms with Crippen molar-refractivity contribution in [2.75, 3.05) is 19.5 Å². The number of carbonyl (C=O) groups excluding carboxylic acids is 1. The zero-order valence-electron chi connectivity index (χ0n) is 15.7. The van der Waals surface area contributed by atoms with E-state index in [0.29, 0.717) is 18.3 Å². The molecule has 26 heavy (non-hydrogen) atoms. The summed E-state index contributed by atoms with van der Waals surface area (Å²) in [4.78, 5) is 32.1. The first-order valence-corrected chi connectivity index (χ1v) is 10.6. The molecule has 0 aliphatic heterocycles. The molecule has 1 N–H and O–H groups in total. The van der Waals surface area contributed by atoms with Gasteiger partial charge in [0.05, 0.1) is 24.3 Å². The molecule has 0 radical (unpaired) electrons. The van der Waals surface area contributed by atoms with Gasteiger partial charge in [-0.25, -0.2) is 4.98 Å². The van der Waals surface area contributed by atoms with Crippen LogP contribution in [0.25, 0.3) is 10.2 Å². The van der Waals surface area contributed by atoms with Crippen LogP contribution in [0, 0.1) is 0 Å². The summed E-state index contributed by atoms with van der Waals surface area (Å²) >= 11 is 2.93. The Morgan fingerprint density at radius 2 is 2.15 bits per heavy atom. The highest BCUT2D eigenvalue weighted by Gasteiger charge is 2.23. The molecule has 2 aromatic heterocycles. The lowest BCUT2D eigenvalue weighted by Gasteiger charge is -2.20. The molecule has 6 nitrogen and oxygen atoms in total. The number of carbonyl (C=O) groups is 1. The van der Waals surface area contributed by atoms with Gasteiger partial charge in [-0.3, -0.25) is 14.2 Å². The summed E-state index contributed by atoms with van der Waals surface area (Å²) < 4.78 is 6.82.